The predicted octanol–water partition coefficient (Wildman–Crippen LogP) is 22.4. The maximum Gasteiger partial charge on any atom is 0.414 e. The van der Waals surface area contributed by atoms with Crippen LogP contribution < -0.4 is 49.2 Å². The van der Waals surface area contributed by atoms with Crippen LogP contribution >= 0.6 is 0 Å². The molecule has 0 radical (unpaired) electrons. The maximum absolute atomic E-state index is 15.2. The van der Waals surface area contributed by atoms with Gasteiger partial charge in [0, 0.05) is 124 Å². The van der Waals surface area contributed by atoms with Crippen molar-refractivity contribution in [3.05, 3.63) is 168 Å². The molecule has 39 heteroatoms. The number of methoxy groups -OCH3 is 2. The van der Waals surface area contributed by atoms with E-state index < -0.39 is 76.4 Å². The molecular weight excluding hydrogens is 1760 g/mol. The standard InChI is InChI=1S/C32H33FN4O8S2.C28H32FN7O3.C23H24FN7O.C7H13N.C5H6N2O.21H2/c1-32(2,3)45-31(38)37(4)25-16-21(33)15-24-26-28(34-27(24)25)35-30(47(41,42)18-20-9-13-23(44-6)14-10-20)36-29(26)46(39,40)17-19-7-11-22(43-5)12-8-19;1-15-30-11-19(12-31-15)38-26-33-24-22(25(34-26)36-13-16-7-6-8-17(16)14-36)20-9-18(29)10-21(23(20)32-24)35(5)27(37)39-28(2,3)4;1-12-26-8-16(9-27-12)32-23-29-21-19(17-6-15(24)7-18(25-2)20(17)28-21)22(30-23)31-10-13-4-3-5-14(13)11-31;1-2-6-4-8-5-7(6)3-1;1-4-6-2-5(8)3-7-4;;;;;;;;;;;;;;;;;;;;;/h7-16H,17-18H2,1-6H3,(H,34,35,36);9-12,16-17H,6-8,13-14H2,1-5H3,(H,32,33,34);6-9,13-14,25H,3-5,10-11H2,1-2H3,(H,28,29,30);6-8H,1-5H2;2-3,8H,1H3;21*1H/t;16-,17+;13-,14+;6-,7+;;;;;;;;;;;;;;;;;;;;;;/i;;;;;20*1+1D;1+1. The molecule has 34 nitrogen and oxygen atoms in total. The molecule has 20 rings (SSSR count). The van der Waals surface area contributed by atoms with E-state index in [4.69, 9.17) is 103 Å². The van der Waals surface area contributed by atoms with Crippen LogP contribution in [0.1, 0.15) is 189 Å². The summed E-state index contributed by atoms with van der Waals surface area (Å²) in [5.74, 6) is 7.50. The second-order valence-corrected chi connectivity index (χ2v) is 40.4. The third-order valence-electron chi connectivity index (χ3n) is 24.7. The second kappa shape index (κ2) is 38.6. The molecule has 3 aliphatic heterocycles. The zero-order valence-electron chi connectivity index (χ0n) is 117. The van der Waals surface area contributed by atoms with Crippen molar-refractivity contribution >= 4 is 126 Å². The van der Waals surface area contributed by atoms with Gasteiger partial charge in [0.2, 0.25) is 19.7 Å². The van der Waals surface area contributed by atoms with Crippen LogP contribution in [0.4, 0.5) is 51.5 Å². The summed E-state index contributed by atoms with van der Waals surface area (Å²) in [4.78, 5) is 93.8. The Kier molecular flexibility index (Phi) is 20.5. The van der Waals surface area contributed by atoms with Crippen molar-refractivity contribution in [3.63, 3.8) is 0 Å². The number of nitrogens with zero attached hydrogens (tertiary/aromatic N) is 16. The fourth-order valence-corrected chi connectivity index (χ4v) is 21.1. The molecule has 3 saturated carbocycles. The largest absolute Gasteiger partial charge is 0.505 e. The summed E-state index contributed by atoms with van der Waals surface area (Å²) in [6.07, 6.45) is 19.7. The van der Waals surface area contributed by atoms with Crippen LogP contribution in [-0.2, 0) is 40.7 Å². The summed E-state index contributed by atoms with van der Waals surface area (Å²) >= 11 is 0. The molecule has 9 aromatic heterocycles. The highest BCUT2D eigenvalue weighted by atomic mass is 32.2. The van der Waals surface area contributed by atoms with Crippen LogP contribution in [0.25, 0.3) is 65.8 Å². The molecule has 6 atom stereocenters. The molecule has 6 fully saturated rings. The van der Waals surface area contributed by atoms with Gasteiger partial charge in [-0.15, -0.1) is 0 Å². The van der Waals surface area contributed by atoms with E-state index in [0.29, 0.717) is 120 Å². The molecule has 6 N–H and O–H groups in total. The van der Waals surface area contributed by atoms with Gasteiger partial charge in [0.05, 0.1) is 113 Å². The fourth-order valence-electron chi connectivity index (χ4n) is 18.3. The highest BCUT2D eigenvalue weighted by molar-refractivity contribution is 7.91. The molecule has 3 aliphatic carbocycles. The third-order valence-corrected chi connectivity index (χ3v) is 27.8. The number of H-pyrrole nitrogens is 3. The lowest BCUT2D eigenvalue weighted by molar-refractivity contribution is 0.0579. The Hall–Kier alpha value is -13.4. The van der Waals surface area contributed by atoms with Crippen molar-refractivity contribution in [1.82, 2.24) is 80.1 Å². The number of halogens is 3. The van der Waals surface area contributed by atoms with Gasteiger partial charge in [-0.1, -0.05) is 43.5 Å². The summed E-state index contributed by atoms with van der Waals surface area (Å²) in [6, 6.07) is 20.9. The molecule has 6 aliphatic rings. The van der Waals surface area contributed by atoms with Gasteiger partial charge in [0.25, 0.3) is 5.16 Å². The van der Waals surface area contributed by atoms with E-state index in [9.17, 15) is 30.8 Å². The Morgan fingerprint density at radius 2 is 0.858 bits per heavy atom. The Morgan fingerprint density at radius 3 is 1.25 bits per heavy atom. The molecular formula is C95H150F3N21O13S2. The van der Waals surface area contributed by atoms with Crippen molar-refractivity contribution < 1.29 is 134 Å². The van der Waals surface area contributed by atoms with E-state index in [1.54, 1.807) is 149 Å². The van der Waals surface area contributed by atoms with Gasteiger partial charge in [0.1, 0.15) is 86.2 Å². The van der Waals surface area contributed by atoms with Gasteiger partial charge in [-0.05, 0) is 221 Å². The SMILES string of the molecule is C1C[C@@H]2CNC[C@@H]2C1.CNc1cc(F)cc2c1[nH]c1nc(Oc3cnc(C)nc3)nc(N3C[C@H]4CCC[C@H]4C3)c12.COc1ccc(CS(=O)(=O)c2nc(S(=O)(=O)Cc3ccc(OC)cc3)c3c(n2)[nH]c2c(N(C)C(=O)OC(C)(C)C)cc(F)cc23)cc1.Cc1ncc(O)cn1.Cc1ncc(Oc2nc(N3C[C@H]4CCC[C@H]4C3)c3c(n2)[nH]c2c(N(C)C(=O)OC(C)(C)C)cc(F)cc23)cn1.[2HH].[2H][2H].[2H][2H].[2H][2H].[2H][2H].[2H][2H].[2H][2H].[2H][2H].[2H][2H].[2H][2H].[2H][2H].[2H][2H].[2H][2H].[2H][2H].[2H][2H].[2H][2H].[2H][2H].[2H][2H].[2H][2H].[2H][2H].[2H][2H]. The van der Waals surface area contributed by atoms with Gasteiger partial charge in [0.15, 0.2) is 22.3 Å². The lowest BCUT2D eigenvalue weighted by atomic mass is 10.0. The lowest BCUT2D eigenvalue weighted by Gasteiger charge is -2.25. The molecule has 0 spiro atoms. The number of aromatic hydroxyl groups is 1. The van der Waals surface area contributed by atoms with Crippen molar-refractivity contribution in [3.8, 4) is 40.8 Å². The molecule has 3 saturated heterocycles. The van der Waals surface area contributed by atoms with Crippen LogP contribution in [0.3, 0.4) is 0 Å². The number of carbonyl (C=O) groups is 2. The number of aromatic amines is 3. The quantitative estimate of drug-likeness (QED) is 0.0364. The number of benzene rings is 5. The average molecular weight is 1960 g/mol. The summed E-state index contributed by atoms with van der Waals surface area (Å²) in [5, 5.41) is 16.5. The molecule has 746 valence electrons. The first-order valence-corrected chi connectivity index (χ1v) is 47.7. The maximum atomic E-state index is 15.2. The van der Waals surface area contributed by atoms with Crippen LogP contribution in [0.5, 0.6) is 40.8 Å². The first-order valence-electron chi connectivity index (χ1n) is 64.4. The van der Waals surface area contributed by atoms with Gasteiger partial charge >= 0.3 is 24.2 Å². The van der Waals surface area contributed by atoms with E-state index >= 15 is 8.78 Å². The van der Waals surface area contributed by atoms with Crippen molar-refractivity contribution in [1.29, 1.82) is 0 Å². The number of rotatable bonds is 17. The van der Waals surface area contributed by atoms with Gasteiger partial charge in [-0.2, -0.15) is 19.9 Å². The molecule has 0 bridgehead atoms. The van der Waals surface area contributed by atoms with Gasteiger partial charge < -0.3 is 68.9 Å². The Bertz CT molecular complexity index is 7000. The zero-order valence-corrected chi connectivity index (χ0v) is 78.6. The molecule has 5 aromatic carbocycles. The zero-order chi connectivity index (χ0) is 135. The molecule has 0 unspecified atom stereocenters. The number of aromatic nitrogens is 15. The molecule has 14 aromatic rings. The average Bonchev–Trinajstić information content (AvgIpc) is 1.58. The number of amides is 2. The summed E-state index contributed by atoms with van der Waals surface area (Å²) < 4.78 is 333. The van der Waals surface area contributed by atoms with Crippen molar-refractivity contribution in [2.24, 2.45) is 35.5 Å². The van der Waals surface area contributed by atoms with Crippen molar-refractivity contribution in [2.45, 2.75) is 153 Å². The van der Waals surface area contributed by atoms with E-state index in [2.05, 4.69) is 85.2 Å². The van der Waals surface area contributed by atoms with Gasteiger partial charge in [-0.3, -0.25) is 9.80 Å². The minimum atomic E-state index is -4.39. The number of sulfone groups is 2. The number of nitrogens with one attached hydrogen (secondary N) is 5. The fraction of sp³-hybridized carbons (Fsp3) is 0.411. The predicted molar refractivity (Wildman–Crippen MR) is 547 cm³/mol. The number of hydrogen-bond acceptors (Lipinski definition) is 29. The first kappa shape index (κ1) is 71.2. The van der Waals surface area contributed by atoms with Crippen LogP contribution in [0.2, 0.25) is 0 Å². The van der Waals surface area contributed by atoms with E-state index in [-0.39, 0.29) is 52.6 Å². The molecule has 2 amide bonds. The minimum Gasteiger partial charge on any atom is -0.505 e. The number of carbonyl (C=O) groups excluding carboxylic acids is 2. The van der Waals surface area contributed by atoms with Crippen molar-refractivity contribution in [2.75, 3.05) is 99.5 Å². The summed E-state index contributed by atoms with van der Waals surface area (Å²) in [5.41, 5.74) is 2.63. The van der Waals surface area contributed by atoms with Crippen LogP contribution in [0, 0.1) is 73.7 Å². The third kappa shape index (κ3) is 21.1. The number of aryl methyl sites for hydroxylation is 3. The summed E-state index contributed by atoms with van der Waals surface area (Å²) in [6.45, 7) is 22.0. The van der Waals surface area contributed by atoms with E-state index in [0.717, 1.165) is 77.2 Å². The van der Waals surface area contributed by atoms with Gasteiger partial charge in [-0.25, -0.2) is 79.5 Å². The molecule has 12 heterocycles. The van der Waals surface area contributed by atoms with E-state index in [1.165, 1.54) is 128 Å². The Balaban J connectivity index is -0.000000506. The number of anilines is 5. The van der Waals surface area contributed by atoms with Crippen LogP contribution in [0.15, 0.2) is 132 Å². The highest BCUT2D eigenvalue weighted by Crippen LogP contribution is 2.48. The Morgan fingerprint density at radius 1 is 0.493 bits per heavy atom. The minimum absolute atomic E-state index is 0. The van der Waals surface area contributed by atoms with E-state index in [1.807, 2.05) is 6.92 Å². The number of hydrogen-bond donors (Lipinski definition) is 6. The molecule has 134 heavy (non-hydrogen) atoms. The topological polar surface area (TPSA) is 417 Å². The number of fused-ring (bicyclic) bond motifs is 12. The summed E-state index contributed by atoms with van der Waals surface area (Å²) in [7, 11) is -1.05. The smallest absolute Gasteiger partial charge is 0.414 e. The lowest BCUT2D eigenvalue weighted by Crippen LogP contribution is -2.34. The highest BCUT2D eigenvalue weighted by Gasteiger charge is 2.41. The Labute approximate surface area is 835 Å². The first-order chi connectivity index (χ1) is 83.9. The normalized spacial score (nSPS) is 19.1. The van der Waals surface area contributed by atoms with Crippen LogP contribution in [-0.4, -0.2) is 195 Å². The number of ether oxygens (including phenoxy) is 6. The second-order valence-electron chi connectivity index (χ2n) is 36.6. The monoisotopic (exact) mass is 1960 g/mol.